The van der Waals surface area contributed by atoms with E-state index in [1.807, 2.05) is 0 Å². The van der Waals surface area contributed by atoms with E-state index in [1.54, 1.807) is 60.1 Å². The average molecular weight is 363 g/mol. The van der Waals surface area contributed by atoms with Crippen molar-refractivity contribution in [3.8, 4) is 23.1 Å². The fraction of sp³-hybridized carbons (Fsp3) is 0.143. The summed E-state index contributed by atoms with van der Waals surface area (Å²) in [6.07, 6.45) is 0. The number of benzene rings is 2. The van der Waals surface area contributed by atoms with Crippen LogP contribution >= 0.6 is 0 Å². The quantitative estimate of drug-likeness (QED) is 0.749. The Balaban J connectivity index is 1.86. The van der Waals surface area contributed by atoms with E-state index in [0.29, 0.717) is 17.0 Å². The molecule has 3 rings (SSSR count). The predicted molar refractivity (Wildman–Crippen MR) is 99.6 cm³/mol. The number of methoxy groups -OCH3 is 1. The molecule has 0 bridgehead atoms. The van der Waals surface area contributed by atoms with E-state index in [9.17, 15) is 14.4 Å². The van der Waals surface area contributed by atoms with E-state index in [0.717, 1.165) is 11.3 Å². The second-order valence-electron chi connectivity index (χ2n) is 5.95. The van der Waals surface area contributed by atoms with Crippen molar-refractivity contribution in [2.24, 2.45) is 7.05 Å². The Morgan fingerprint density at radius 1 is 1.15 bits per heavy atom. The molecule has 1 heterocycles. The molecule has 6 heteroatoms. The number of ether oxygens (including phenoxy) is 1. The molecule has 27 heavy (non-hydrogen) atoms. The van der Waals surface area contributed by atoms with Gasteiger partial charge in [-0.15, -0.1) is 0 Å². The number of nitrogens with one attached hydrogen (secondary N) is 1. The van der Waals surface area contributed by atoms with Crippen molar-refractivity contribution in [1.82, 2.24) is 9.88 Å². The van der Waals surface area contributed by atoms with Gasteiger partial charge in [0.25, 0.3) is 5.91 Å². The first-order chi connectivity index (χ1) is 13.0. The van der Waals surface area contributed by atoms with Gasteiger partial charge in [0.1, 0.15) is 23.3 Å². The van der Waals surface area contributed by atoms with E-state index in [2.05, 4.69) is 11.4 Å². The zero-order valence-corrected chi connectivity index (χ0v) is 14.9. The van der Waals surface area contributed by atoms with Gasteiger partial charge in [0, 0.05) is 18.3 Å². The predicted octanol–water partition coefficient (Wildman–Crippen LogP) is 3.83. The molecule has 0 saturated heterocycles. The molecule has 0 saturated carbocycles. The largest absolute Gasteiger partial charge is 0.496 e. The lowest BCUT2D eigenvalue weighted by Gasteiger charge is -2.15. The third-order valence-electron chi connectivity index (χ3n) is 4.35. The number of nitrogens with zero attached hydrogens (tertiary/aromatic N) is 2. The lowest BCUT2D eigenvalue weighted by molar-refractivity contribution is 0.0937. The number of para-hydroxylation sites is 1. The van der Waals surface area contributed by atoms with Crippen LogP contribution in [-0.4, -0.2) is 17.6 Å². The molecule has 3 aromatic rings. The van der Waals surface area contributed by atoms with Crippen LogP contribution in [0.15, 0.2) is 60.7 Å². The van der Waals surface area contributed by atoms with Crippen LogP contribution in [0.2, 0.25) is 0 Å². The second-order valence-corrected chi connectivity index (χ2v) is 5.95. The number of hydrogen-bond donors (Lipinski definition) is 1. The number of nitriles is 1. The van der Waals surface area contributed by atoms with Gasteiger partial charge in [-0.3, -0.25) is 4.79 Å². The minimum absolute atomic E-state index is 0.320. The lowest BCUT2D eigenvalue weighted by atomic mass is 10.1. The number of rotatable bonds is 5. The van der Waals surface area contributed by atoms with Gasteiger partial charge >= 0.3 is 0 Å². The molecule has 0 fully saturated rings. The highest BCUT2D eigenvalue weighted by Gasteiger charge is 2.21. The molecule has 0 spiro atoms. The lowest BCUT2D eigenvalue weighted by Crippen LogP contribution is -2.29. The zero-order chi connectivity index (χ0) is 19.4. The summed E-state index contributed by atoms with van der Waals surface area (Å²) in [5.74, 6) is -0.175. The third-order valence-corrected chi connectivity index (χ3v) is 4.35. The van der Waals surface area contributed by atoms with E-state index in [4.69, 9.17) is 4.74 Å². The Morgan fingerprint density at radius 3 is 2.52 bits per heavy atom. The van der Waals surface area contributed by atoms with Crippen molar-refractivity contribution < 1.29 is 13.9 Å². The van der Waals surface area contributed by atoms with Crippen molar-refractivity contribution in [1.29, 1.82) is 5.26 Å². The molecular formula is C21H18FN3O2. The first-order valence-electron chi connectivity index (χ1n) is 8.30. The first kappa shape index (κ1) is 18.2. The molecule has 1 N–H and O–H groups in total. The summed E-state index contributed by atoms with van der Waals surface area (Å²) in [6.45, 7) is 0. The Kier molecular flexibility index (Phi) is 5.23. The summed E-state index contributed by atoms with van der Waals surface area (Å²) in [7, 11) is 3.26. The molecule has 1 unspecified atom stereocenters. The number of hydrogen-bond acceptors (Lipinski definition) is 3. The summed E-state index contributed by atoms with van der Waals surface area (Å²) >= 11 is 0. The molecule has 2 aromatic carbocycles. The normalized spacial score (nSPS) is 11.5. The van der Waals surface area contributed by atoms with Gasteiger partial charge < -0.3 is 14.6 Å². The van der Waals surface area contributed by atoms with Crippen molar-refractivity contribution >= 4 is 5.91 Å². The van der Waals surface area contributed by atoms with Gasteiger partial charge in [-0.25, -0.2) is 4.39 Å². The maximum atomic E-state index is 13.1. The molecule has 1 atom stereocenters. The monoisotopic (exact) mass is 363 g/mol. The van der Waals surface area contributed by atoms with Crippen molar-refractivity contribution in [2.45, 2.75) is 6.04 Å². The molecule has 5 nitrogen and oxygen atoms in total. The van der Waals surface area contributed by atoms with Crippen LogP contribution in [0.4, 0.5) is 4.39 Å². The van der Waals surface area contributed by atoms with Crippen LogP contribution in [0, 0.1) is 17.1 Å². The standard InChI is InChI=1S/C21H18FN3O2/c1-25-18(14-7-9-15(22)10-8-14)11-12-19(25)21(26)24-17(13-23)16-5-3-4-6-20(16)27-2/h3-12,17H,1-2H3,(H,24,26). The highest BCUT2D eigenvalue weighted by molar-refractivity contribution is 5.94. The molecule has 136 valence electrons. The van der Waals surface area contributed by atoms with Gasteiger partial charge in [0.05, 0.1) is 13.2 Å². The minimum atomic E-state index is -0.849. The molecule has 0 radical (unpaired) electrons. The fourth-order valence-electron chi connectivity index (χ4n) is 2.94. The van der Waals surface area contributed by atoms with E-state index >= 15 is 0 Å². The van der Waals surface area contributed by atoms with Gasteiger partial charge in [-0.1, -0.05) is 18.2 Å². The Labute approximate surface area is 156 Å². The summed E-state index contributed by atoms with van der Waals surface area (Å²) in [6, 6.07) is 17.8. The SMILES string of the molecule is COc1ccccc1C(C#N)NC(=O)c1ccc(-c2ccc(F)cc2)n1C. The summed E-state index contributed by atoms with van der Waals surface area (Å²) in [4.78, 5) is 12.7. The van der Waals surface area contributed by atoms with E-state index in [-0.39, 0.29) is 11.7 Å². The molecule has 0 aliphatic carbocycles. The first-order valence-corrected chi connectivity index (χ1v) is 8.30. The number of carbonyl (C=O) groups is 1. The van der Waals surface area contributed by atoms with Gasteiger partial charge in [-0.05, 0) is 48.0 Å². The van der Waals surface area contributed by atoms with Crippen molar-refractivity contribution in [3.05, 3.63) is 77.7 Å². The minimum Gasteiger partial charge on any atom is -0.496 e. The molecule has 1 amide bonds. The maximum absolute atomic E-state index is 13.1. The number of aromatic nitrogens is 1. The van der Waals surface area contributed by atoms with Crippen LogP contribution in [0.1, 0.15) is 22.1 Å². The molecule has 0 aliphatic rings. The van der Waals surface area contributed by atoms with Crippen LogP contribution in [0.3, 0.4) is 0 Å². The number of carbonyl (C=O) groups excluding carboxylic acids is 1. The highest BCUT2D eigenvalue weighted by Crippen LogP contribution is 2.26. The summed E-state index contributed by atoms with van der Waals surface area (Å²) < 4.78 is 20.1. The number of amides is 1. The summed E-state index contributed by atoms with van der Waals surface area (Å²) in [5.41, 5.74) is 2.54. The van der Waals surface area contributed by atoms with Crippen LogP contribution in [-0.2, 0) is 7.05 Å². The van der Waals surface area contributed by atoms with E-state index in [1.165, 1.54) is 19.2 Å². The van der Waals surface area contributed by atoms with Gasteiger partial charge in [0.2, 0.25) is 0 Å². The van der Waals surface area contributed by atoms with Crippen molar-refractivity contribution in [3.63, 3.8) is 0 Å². The van der Waals surface area contributed by atoms with Crippen LogP contribution in [0.25, 0.3) is 11.3 Å². The highest BCUT2D eigenvalue weighted by atomic mass is 19.1. The fourth-order valence-corrected chi connectivity index (χ4v) is 2.94. The molecular weight excluding hydrogens is 345 g/mol. The maximum Gasteiger partial charge on any atom is 0.269 e. The second kappa shape index (κ2) is 7.75. The Morgan fingerprint density at radius 2 is 1.85 bits per heavy atom. The Hall–Kier alpha value is -3.59. The number of halogens is 1. The molecule has 0 aliphatic heterocycles. The smallest absolute Gasteiger partial charge is 0.269 e. The molecule has 1 aromatic heterocycles. The topological polar surface area (TPSA) is 67.0 Å². The Bertz CT molecular complexity index is 1000. The van der Waals surface area contributed by atoms with Gasteiger partial charge in [0.15, 0.2) is 0 Å². The van der Waals surface area contributed by atoms with Crippen molar-refractivity contribution in [2.75, 3.05) is 7.11 Å². The third kappa shape index (κ3) is 3.67. The van der Waals surface area contributed by atoms with Gasteiger partial charge in [-0.2, -0.15) is 5.26 Å². The average Bonchev–Trinajstić information content (AvgIpc) is 3.08. The van der Waals surface area contributed by atoms with Crippen LogP contribution < -0.4 is 10.1 Å². The zero-order valence-electron chi connectivity index (χ0n) is 14.9. The van der Waals surface area contributed by atoms with E-state index < -0.39 is 6.04 Å². The van der Waals surface area contributed by atoms with Crippen LogP contribution in [0.5, 0.6) is 5.75 Å². The summed E-state index contributed by atoms with van der Waals surface area (Å²) in [5, 5.41) is 12.2.